The third-order valence-electron chi connectivity index (χ3n) is 0.657. The molecule has 0 atom stereocenters. The van der Waals surface area contributed by atoms with Crippen molar-refractivity contribution in [1.29, 1.82) is 0 Å². The Balaban J connectivity index is 3.37. The average molecular weight is 114 g/mol. The molecule has 0 fully saturated rings. The van der Waals surface area contributed by atoms with Crippen molar-refractivity contribution in [3.8, 4) is 0 Å². The van der Waals surface area contributed by atoms with Crippen LogP contribution in [-0.2, 0) is 4.89 Å². The van der Waals surface area contributed by atoms with Gasteiger partial charge in [0.15, 0.2) is 5.76 Å². The Morgan fingerprint density at radius 2 is 2.50 bits per heavy atom. The predicted octanol–water partition coefficient (Wildman–Crippen LogP) is 1.96. The molecule has 8 heavy (non-hydrogen) atoms. The smallest absolute Gasteiger partial charge is 0.157 e. The second-order valence-corrected chi connectivity index (χ2v) is 1.37. The van der Waals surface area contributed by atoms with E-state index in [0.29, 0.717) is 0 Å². The van der Waals surface area contributed by atoms with Crippen LogP contribution < -0.4 is 0 Å². The van der Waals surface area contributed by atoms with E-state index in [4.69, 9.17) is 5.26 Å². The number of allylic oxidation sites excluding steroid dienone is 2. The van der Waals surface area contributed by atoms with Crippen molar-refractivity contribution in [3.63, 3.8) is 0 Å². The molecule has 0 saturated carbocycles. The van der Waals surface area contributed by atoms with Crippen LogP contribution in [0.25, 0.3) is 0 Å². The van der Waals surface area contributed by atoms with E-state index in [0.717, 1.165) is 6.42 Å². The summed E-state index contributed by atoms with van der Waals surface area (Å²) in [5.41, 5.74) is 0. The Labute approximate surface area is 49.0 Å². The molecule has 0 bridgehead atoms. The molecule has 0 rings (SSSR count). The first-order valence-electron chi connectivity index (χ1n) is 2.48. The Kier molecular flexibility index (Phi) is 3.98. The van der Waals surface area contributed by atoms with Gasteiger partial charge in [-0.25, -0.2) is 5.26 Å². The van der Waals surface area contributed by atoms with E-state index in [1.165, 1.54) is 0 Å². The van der Waals surface area contributed by atoms with Crippen LogP contribution in [0.3, 0.4) is 0 Å². The van der Waals surface area contributed by atoms with Gasteiger partial charge in [0, 0.05) is 0 Å². The summed E-state index contributed by atoms with van der Waals surface area (Å²) in [6.07, 6.45) is 4.38. The zero-order chi connectivity index (χ0) is 6.41. The standard InChI is InChI=1S/C6H10O2/c1-3-4-5-6(2)8-7/h4-5,7H,2-3H2,1H3. The molecule has 1 N–H and O–H groups in total. The van der Waals surface area contributed by atoms with Crippen molar-refractivity contribution in [2.45, 2.75) is 13.3 Å². The van der Waals surface area contributed by atoms with Gasteiger partial charge in [-0.05, 0) is 12.5 Å². The minimum atomic E-state index is 0.270. The molecule has 0 aromatic carbocycles. The Bertz CT molecular complexity index is 94.7. The molecule has 0 aromatic rings. The maximum absolute atomic E-state index is 7.91. The molecule has 0 aliphatic heterocycles. The SMILES string of the molecule is C=C(C=CCC)OO. The van der Waals surface area contributed by atoms with E-state index in [-0.39, 0.29) is 5.76 Å². The first-order valence-corrected chi connectivity index (χ1v) is 2.48. The Morgan fingerprint density at radius 1 is 1.88 bits per heavy atom. The summed E-state index contributed by atoms with van der Waals surface area (Å²) in [6.45, 7) is 5.34. The summed E-state index contributed by atoms with van der Waals surface area (Å²) in [5.74, 6) is 0.270. The zero-order valence-corrected chi connectivity index (χ0v) is 4.92. The van der Waals surface area contributed by atoms with Crippen molar-refractivity contribution >= 4 is 0 Å². The van der Waals surface area contributed by atoms with Gasteiger partial charge in [-0.3, -0.25) is 0 Å². The summed E-state index contributed by atoms with van der Waals surface area (Å²) in [4.78, 5) is 3.77. The molecule has 2 nitrogen and oxygen atoms in total. The van der Waals surface area contributed by atoms with Gasteiger partial charge >= 0.3 is 0 Å². The van der Waals surface area contributed by atoms with Crippen LogP contribution in [0.4, 0.5) is 0 Å². The van der Waals surface area contributed by atoms with E-state index < -0.39 is 0 Å². The first-order chi connectivity index (χ1) is 3.81. The quantitative estimate of drug-likeness (QED) is 0.263. The molecule has 0 aliphatic carbocycles. The van der Waals surface area contributed by atoms with E-state index >= 15 is 0 Å². The van der Waals surface area contributed by atoms with Gasteiger partial charge in [0.05, 0.1) is 0 Å². The highest BCUT2D eigenvalue weighted by Gasteiger charge is 1.79. The third-order valence-corrected chi connectivity index (χ3v) is 0.657. The summed E-state index contributed by atoms with van der Waals surface area (Å²) < 4.78 is 0. The number of hydrogen-bond acceptors (Lipinski definition) is 2. The number of rotatable bonds is 3. The van der Waals surface area contributed by atoms with Gasteiger partial charge in [-0.1, -0.05) is 19.6 Å². The Morgan fingerprint density at radius 3 is 2.88 bits per heavy atom. The maximum Gasteiger partial charge on any atom is 0.157 e. The maximum atomic E-state index is 7.91. The van der Waals surface area contributed by atoms with Crippen LogP contribution in [0.5, 0.6) is 0 Å². The minimum absolute atomic E-state index is 0.270. The highest BCUT2D eigenvalue weighted by molar-refractivity contribution is 5.05. The van der Waals surface area contributed by atoms with Gasteiger partial charge < -0.3 is 4.89 Å². The molecule has 0 spiro atoms. The van der Waals surface area contributed by atoms with E-state index in [9.17, 15) is 0 Å². The lowest BCUT2D eigenvalue weighted by Gasteiger charge is -1.89. The molecular formula is C6H10O2. The van der Waals surface area contributed by atoms with Gasteiger partial charge in [-0.15, -0.1) is 0 Å². The van der Waals surface area contributed by atoms with Gasteiger partial charge in [0.2, 0.25) is 0 Å². The van der Waals surface area contributed by atoms with E-state index in [1.807, 2.05) is 13.0 Å². The van der Waals surface area contributed by atoms with Gasteiger partial charge in [0.1, 0.15) is 0 Å². The lowest BCUT2D eigenvalue weighted by Crippen LogP contribution is -1.76. The summed E-state index contributed by atoms with van der Waals surface area (Å²) >= 11 is 0. The van der Waals surface area contributed by atoms with Crippen LogP contribution in [-0.4, -0.2) is 5.26 Å². The molecule has 0 unspecified atom stereocenters. The van der Waals surface area contributed by atoms with Crippen molar-refractivity contribution in [3.05, 3.63) is 24.5 Å². The van der Waals surface area contributed by atoms with Crippen LogP contribution in [0.2, 0.25) is 0 Å². The molecule has 2 heteroatoms. The predicted molar refractivity (Wildman–Crippen MR) is 32.3 cm³/mol. The second kappa shape index (κ2) is 4.40. The van der Waals surface area contributed by atoms with Crippen LogP contribution in [0.1, 0.15) is 13.3 Å². The van der Waals surface area contributed by atoms with Crippen molar-refractivity contribution in [2.75, 3.05) is 0 Å². The molecular weight excluding hydrogens is 104 g/mol. The fraction of sp³-hybridized carbons (Fsp3) is 0.333. The molecule has 46 valence electrons. The molecule has 0 saturated heterocycles. The van der Waals surface area contributed by atoms with Crippen LogP contribution >= 0.6 is 0 Å². The summed E-state index contributed by atoms with van der Waals surface area (Å²) in [5, 5.41) is 7.91. The third kappa shape index (κ3) is 3.43. The van der Waals surface area contributed by atoms with E-state index in [2.05, 4.69) is 11.5 Å². The van der Waals surface area contributed by atoms with Crippen LogP contribution in [0.15, 0.2) is 24.5 Å². The first kappa shape index (κ1) is 7.24. The minimum Gasteiger partial charge on any atom is -0.341 e. The highest BCUT2D eigenvalue weighted by Crippen LogP contribution is 1.92. The Hall–Kier alpha value is -0.760. The van der Waals surface area contributed by atoms with Gasteiger partial charge in [0.25, 0.3) is 0 Å². The van der Waals surface area contributed by atoms with Crippen molar-refractivity contribution < 1.29 is 10.1 Å². The normalized spacial score (nSPS) is 9.75. The van der Waals surface area contributed by atoms with Crippen molar-refractivity contribution in [1.82, 2.24) is 0 Å². The second-order valence-electron chi connectivity index (χ2n) is 1.37. The highest BCUT2D eigenvalue weighted by atomic mass is 17.1. The molecule has 0 heterocycles. The van der Waals surface area contributed by atoms with E-state index in [1.54, 1.807) is 6.08 Å². The van der Waals surface area contributed by atoms with Crippen molar-refractivity contribution in [2.24, 2.45) is 0 Å². The van der Waals surface area contributed by atoms with Crippen LogP contribution in [0, 0.1) is 0 Å². The summed E-state index contributed by atoms with van der Waals surface area (Å²) in [6, 6.07) is 0. The fourth-order valence-corrected chi connectivity index (χ4v) is 0.280. The molecule has 0 aromatic heterocycles. The largest absolute Gasteiger partial charge is 0.341 e. The average Bonchev–Trinajstić information content (AvgIpc) is 1.83. The lowest BCUT2D eigenvalue weighted by molar-refractivity contribution is -0.197. The molecule has 0 amide bonds. The monoisotopic (exact) mass is 114 g/mol. The lowest BCUT2D eigenvalue weighted by atomic mass is 10.4. The van der Waals surface area contributed by atoms with Gasteiger partial charge in [-0.2, -0.15) is 0 Å². The molecule has 0 aliphatic rings. The molecule has 0 radical (unpaired) electrons. The summed E-state index contributed by atoms with van der Waals surface area (Å²) in [7, 11) is 0. The fourth-order valence-electron chi connectivity index (χ4n) is 0.280. The number of hydrogen-bond donors (Lipinski definition) is 1. The topological polar surface area (TPSA) is 29.5 Å². The zero-order valence-electron chi connectivity index (χ0n) is 4.92.